The number of rotatable bonds is 5. The Bertz CT molecular complexity index is 913. The van der Waals surface area contributed by atoms with Gasteiger partial charge >= 0.3 is 0 Å². The molecule has 0 unspecified atom stereocenters. The largest absolute Gasteiger partial charge is 0.322 e. The third-order valence-electron chi connectivity index (χ3n) is 4.78. The lowest BCUT2D eigenvalue weighted by Gasteiger charge is -2.19. The normalized spacial score (nSPS) is 16.1. The molecule has 1 aliphatic rings. The standard InChI is InChI=1S/C19H26N4O3S/c1-3-15-9-8-10-16(13-15)20-18(24)17-14-22(2)21-19(17)27(25,26)23-11-6-4-5-7-12-23/h8-10,13-14H,3-7,11-12H2,1-2H3,(H,20,24). The van der Waals surface area contributed by atoms with Crippen molar-refractivity contribution in [1.82, 2.24) is 14.1 Å². The molecule has 1 fully saturated rings. The molecule has 0 radical (unpaired) electrons. The first-order chi connectivity index (χ1) is 12.9. The van der Waals surface area contributed by atoms with Crippen LogP contribution < -0.4 is 5.32 Å². The van der Waals surface area contributed by atoms with Gasteiger partial charge in [-0.15, -0.1) is 0 Å². The van der Waals surface area contributed by atoms with Crippen LogP contribution in [0.15, 0.2) is 35.5 Å². The van der Waals surface area contributed by atoms with Gasteiger partial charge in [0, 0.05) is 32.0 Å². The second kappa shape index (κ2) is 8.22. The van der Waals surface area contributed by atoms with E-state index in [-0.39, 0.29) is 10.6 Å². The van der Waals surface area contributed by atoms with E-state index in [0.717, 1.165) is 37.7 Å². The van der Waals surface area contributed by atoms with Gasteiger partial charge in [-0.25, -0.2) is 8.42 Å². The van der Waals surface area contributed by atoms with E-state index in [1.165, 1.54) is 15.2 Å². The van der Waals surface area contributed by atoms with E-state index in [9.17, 15) is 13.2 Å². The Labute approximate surface area is 160 Å². The summed E-state index contributed by atoms with van der Waals surface area (Å²) < 4.78 is 29.0. The average Bonchev–Trinajstić information content (AvgIpc) is 2.86. The minimum absolute atomic E-state index is 0.0728. The fourth-order valence-corrected chi connectivity index (χ4v) is 4.92. The smallest absolute Gasteiger partial charge is 0.263 e. The first kappa shape index (κ1) is 19.6. The highest BCUT2D eigenvalue weighted by atomic mass is 32.2. The van der Waals surface area contributed by atoms with Crippen molar-refractivity contribution in [2.75, 3.05) is 18.4 Å². The maximum Gasteiger partial charge on any atom is 0.263 e. The molecule has 0 aliphatic carbocycles. The zero-order valence-corrected chi connectivity index (χ0v) is 16.6. The fraction of sp³-hybridized carbons (Fsp3) is 0.474. The van der Waals surface area contributed by atoms with Gasteiger partial charge in [-0.2, -0.15) is 9.40 Å². The van der Waals surface area contributed by atoms with Crippen LogP contribution in [-0.4, -0.2) is 41.5 Å². The van der Waals surface area contributed by atoms with Gasteiger partial charge < -0.3 is 5.32 Å². The quantitative estimate of drug-likeness (QED) is 0.851. The van der Waals surface area contributed by atoms with Crippen molar-refractivity contribution in [1.29, 1.82) is 0 Å². The number of sulfonamides is 1. The molecule has 0 saturated carbocycles. The maximum absolute atomic E-state index is 13.1. The Morgan fingerprint density at radius 1 is 1.19 bits per heavy atom. The van der Waals surface area contributed by atoms with Crippen LogP contribution in [-0.2, 0) is 23.5 Å². The van der Waals surface area contributed by atoms with Gasteiger partial charge in [-0.3, -0.25) is 9.48 Å². The van der Waals surface area contributed by atoms with Crippen molar-refractivity contribution in [2.45, 2.75) is 44.1 Å². The first-order valence-electron chi connectivity index (χ1n) is 9.36. The minimum Gasteiger partial charge on any atom is -0.322 e. The van der Waals surface area contributed by atoms with Crippen LogP contribution in [0, 0.1) is 0 Å². The number of anilines is 1. The molecule has 3 rings (SSSR count). The molecule has 1 aromatic heterocycles. The molecule has 2 aromatic rings. The second-order valence-electron chi connectivity index (χ2n) is 6.85. The molecule has 0 atom stereocenters. The summed E-state index contributed by atoms with van der Waals surface area (Å²) in [6, 6.07) is 7.52. The van der Waals surface area contributed by atoms with E-state index in [4.69, 9.17) is 0 Å². The van der Waals surface area contributed by atoms with Crippen LogP contribution in [0.1, 0.15) is 48.5 Å². The molecule has 1 aromatic carbocycles. The average molecular weight is 391 g/mol. The Morgan fingerprint density at radius 3 is 2.56 bits per heavy atom. The number of nitrogens with zero attached hydrogens (tertiary/aromatic N) is 3. The Hall–Kier alpha value is -2.19. The van der Waals surface area contributed by atoms with Crippen molar-refractivity contribution >= 4 is 21.6 Å². The summed E-state index contributed by atoms with van der Waals surface area (Å²) in [5.74, 6) is -0.468. The second-order valence-corrected chi connectivity index (χ2v) is 8.70. The van der Waals surface area contributed by atoms with Crippen LogP contribution in [0.2, 0.25) is 0 Å². The van der Waals surface area contributed by atoms with Gasteiger partial charge in [-0.1, -0.05) is 31.9 Å². The van der Waals surface area contributed by atoms with E-state index < -0.39 is 15.9 Å². The van der Waals surface area contributed by atoms with Crippen molar-refractivity contribution in [3.05, 3.63) is 41.6 Å². The van der Waals surface area contributed by atoms with Gasteiger partial charge in [0.05, 0.1) is 5.56 Å². The lowest BCUT2D eigenvalue weighted by molar-refractivity contribution is 0.102. The number of hydrogen-bond acceptors (Lipinski definition) is 4. The number of amides is 1. The predicted octanol–water partition coefficient (Wildman–Crippen LogP) is 2.80. The monoisotopic (exact) mass is 390 g/mol. The van der Waals surface area contributed by atoms with Crippen molar-refractivity contribution in [2.24, 2.45) is 7.05 Å². The fourth-order valence-electron chi connectivity index (χ4n) is 3.29. The van der Waals surface area contributed by atoms with Gasteiger partial charge in [0.1, 0.15) is 0 Å². The lowest BCUT2D eigenvalue weighted by atomic mass is 10.1. The van der Waals surface area contributed by atoms with E-state index in [0.29, 0.717) is 18.8 Å². The number of carbonyl (C=O) groups is 1. The van der Waals surface area contributed by atoms with E-state index in [1.807, 2.05) is 25.1 Å². The summed E-state index contributed by atoms with van der Waals surface area (Å²) in [5, 5.41) is 6.74. The predicted molar refractivity (Wildman–Crippen MR) is 104 cm³/mol. The van der Waals surface area contributed by atoms with Crippen LogP contribution in [0.5, 0.6) is 0 Å². The first-order valence-corrected chi connectivity index (χ1v) is 10.8. The van der Waals surface area contributed by atoms with Crippen molar-refractivity contribution in [3.8, 4) is 0 Å². The molecule has 0 bridgehead atoms. The minimum atomic E-state index is -3.80. The summed E-state index contributed by atoms with van der Waals surface area (Å²) in [7, 11) is -2.18. The van der Waals surface area contributed by atoms with Crippen molar-refractivity contribution in [3.63, 3.8) is 0 Å². The zero-order chi connectivity index (χ0) is 19.4. The van der Waals surface area contributed by atoms with Crippen LogP contribution in [0.4, 0.5) is 5.69 Å². The van der Waals surface area contributed by atoms with E-state index in [2.05, 4.69) is 10.4 Å². The molecule has 7 nitrogen and oxygen atoms in total. The summed E-state index contributed by atoms with van der Waals surface area (Å²) in [4.78, 5) is 12.8. The summed E-state index contributed by atoms with van der Waals surface area (Å²) in [6.45, 7) is 2.98. The molecule has 2 heterocycles. The third kappa shape index (κ3) is 4.39. The van der Waals surface area contributed by atoms with E-state index in [1.54, 1.807) is 13.1 Å². The molecule has 1 aliphatic heterocycles. The molecular weight excluding hydrogens is 364 g/mol. The lowest BCUT2D eigenvalue weighted by Crippen LogP contribution is -2.33. The van der Waals surface area contributed by atoms with Crippen molar-refractivity contribution < 1.29 is 13.2 Å². The Balaban J connectivity index is 1.89. The van der Waals surface area contributed by atoms with Gasteiger partial charge in [0.2, 0.25) is 5.03 Å². The molecule has 8 heteroatoms. The third-order valence-corrected chi connectivity index (χ3v) is 6.62. The SMILES string of the molecule is CCc1cccc(NC(=O)c2cn(C)nc2S(=O)(=O)N2CCCCCC2)c1. The summed E-state index contributed by atoms with van der Waals surface area (Å²) >= 11 is 0. The van der Waals surface area contributed by atoms with Crippen LogP contribution in [0.3, 0.4) is 0 Å². The highest BCUT2D eigenvalue weighted by molar-refractivity contribution is 7.89. The Kier molecular flexibility index (Phi) is 5.96. The van der Waals surface area contributed by atoms with Crippen LogP contribution >= 0.6 is 0 Å². The summed E-state index contributed by atoms with van der Waals surface area (Å²) in [5.41, 5.74) is 1.81. The van der Waals surface area contributed by atoms with Gasteiger partial charge in [0.15, 0.2) is 0 Å². The Morgan fingerprint density at radius 2 is 1.89 bits per heavy atom. The topological polar surface area (TPSA) is 84.3 Å². The highest BCUT2D eigenvalue weighted by Crippen LogP contribution is 2.23. The number of aryl methyl sites for hydroxylation is 2. The molecule has 146 valence electrons. The van der Waals surface area contributed by atoms with Crippen LogP contribution in [0.25, 0.3) is 0 Å². The molecule has 1 saturated heterocycles. The van der Waals surface area contributed by atoms with Gasteiger partial charge in [0.25, 0.3) is 15.9 Å². The number of hydrogen-bond donors (Lipinski definition) is 1. The van der Waals surface area contributed by atoms with E-state index >= 15 is 0 Å². The summed E-state index contributed by atoms with van der Waals surface area (Å²) in [6.07, 6.45) is 6.02. The highest BCUT2D eigenvalue weighted by Gasteiger charge is 2.32. The number of benzene rings is 1. The molecule has 27 heavy (non-hydrogen) atoms. The number of carbonyl (C=O) groups excluding carboxylic acids is 1. The molecule has 1 amide bonds. The molecule has 0 spiro atoms. The zero-order valence-electron chi connectivity index (χ0n) is 15.8. The molecular formula is C19H26N4O3S. The maximum atomic E-state index is 13.1. The number of nitrogens with one attached hydrogen (secondary N) is 1. The van der Waals surface area contributed by atoms with Gasteiger partial charge in [-0.05, 0) is 37.0 Å². The molecule has 1 N–H and O–H groups in total. The number of aromatic nitrogens is 2.